The molecule has 136 valence electrons. The topological polar surface area (TPSA) is 63.2 Å². The summed E-state index contributed by atoms with van der Waals surface area (Å²) >= 11 is 1.66. The van der Waals surface area contributed by atoms with Crippen LogP contribution in [0, 0.1) is 0 Å². The molecule has 0 fully saturated rings. The van der Waals surface area contributed by atoms with Crippen molar-refractivity contribution < 1.29 is 8.42 Å². The summed E-state index contributed by atoms with van der Waals surface area (Å²) in [6.07, 6.45) is 4.37. The Morgan fingerprint density at radius 1 is 1.15 bits per heavy atom. The molecule has 26 heavy (non-hydrogen) atoms. The molecule has 7 heteroatoms. The van der Waals surface area contributed by atoms with Crippen LogP contribution >= 0.6 is 11.3 Å². The first-order valence-electron chi connectivity index (χ1n) is 8.67. The molecule has 3 heterocycles. The van der Waals surface area contributed by atoms with E-state index in [1.165, 1.54) is 22.7 Å². The van der Waals surface area contributed by atoms with Gasteiger partial charge >= 0.3 is 0 Å². The number of fused-ring (bicyclic) bond motifs is 2. The number of sulfone groups is 1. The van der Waals surface area contributed by atoms with Crippen molar-refractivity contribution >= 4 is 31.4 Å². The van der Waals surface area contributed by atoms with Gasteiger partial charge in [-0.3, -0.25) is 9.88 Å². The average molecular weight is 388 g/mol. The lowest BCUT2D eigenvalue weighted by atomic mass is 10.1. The summed E-state index contributed by atoms with van der Waals surface area (Å²) in [5, 5.41) is 0. The largest absolute Gasteiger partial charge is 0.296 e. The Morgan fingerprint density at radius 2 is 1.96 bits per heavy atom. The molecule has 0 unspecified atom stereocenters. The summed E-state index contributed by atoms with van der Waals surface area (Å²) < 4.78 is 24.8. The zero-order valence-electron chi connectivity index (χ0n) is 14.8. The summed E-state index contributed by atoms with van der Waals surface area (Å²) in [5.74, 6) is 0. The SMILES string of the molecule is C[C@@H](c1ccc2scnc2c1)N1CCc2cc(S(C)(=O)=O)cnc2CC1. The van der Waals surface area contributed by atoms with Crippen LogP contribution in [0.25, 0.3) is 10.2 Å². The Kier molecular flexibility index (Phi) is 4.54. The molecule has 1 aliphatic rings. The third-order valence-corrected chi connectivity index (χ3v) is 7.04. The zero-order chi connectivity index (χ0) is 18.3. The standard InChI is InChI=1S/C19H21N3O2S2/c1-13(14-3-4-19-18(10-14)21-12-25-19)22-7-5-15-9-16(26(2,23)24)11-20-17(15)6-8-22/h3-4,9-13H,5-8H2,1-2H3/t13-/m0/s1. The molecule has 0 spiro atoms. The van der Waals surface area contributed by atoms with Crippen LogP contribution < -0.4 is 0 Å². The highest BCUT2D eigenvalue weighted by Crippen LogP contribution is 2.28. The maximum Gasteiger partial charge on any atom is 0.177 e. The highest BCUT2D eigenvalue weighted by molar-refractivity contribution is 7.90. The van der Waals surface area contributed by atoms with E-state index < -0.39 is 9.84 Å². The van der Waals surface area contributed by atoms with E-state index in [0.717, 1.165) is 42.7 Å². The maximum absolute atomic E-state index is 11.8. The van der Waals surface area contributed by atoms with Crippen molar-refractivity contribution in [1.29, 1.82) is 0 Å². The second-order valence-corrected chi connectivity index (χ2v) is 9.74. The van der Waals surface area contributed by atoms with Gasteiger partial charge in [0.2, 0.25) is 0 Å². The second-order valence-electron chi connectivity index (χ2n) is 6.84. The van der Waals surface area contributed by atoms with Crippen molar-refractivity contribution in [1.82, 2.24) is 14.9 Å². The van der Waals surface area contributed by atoms with Crippen LogP contribution in [0.4, 0.5) is 0 Å². The van der Waals surface area contributed by atoms with E-state index in [4.69, 9.17) is 0 Å². The van der Waals surface area contributed by atoms with E-state index in [1.807, 2.05) is 5.51 Å². The Balaban J connectivity index is 1.56. The third kappa shape index (κ3) is 3.39. The van der Waals surface area contributed by atoms with Gasteiger partial charge in [0.1, 0.15) is 0 Å². The van der Waals surface area contributed by atoms with Crippen LogP contribution in [-0.4, -0.2) is 42.6 Å². The lowest BCUT2D eigenvalue weighted by Gasteiger charge is -2.27. The fraction of sp³-hybridized carbons (Fsp3) is 0.368. The van der Waals surface area contributed by atoms with E-state index in [2.05, 4.69) is 40.0 Å². The van der Waals surface area contributed by atoms with Crippen molar-refractivity contribution in [3.8, 4) is 0 Å². The number of pyridine rings is 1. The van der Waals surface area contributed by atoms with Gasteiger partial charge in [-0.05, 0) is 42.7 Å². The number of hydrogen-bond acceptors (Lipinski definition) is 6. The van der Waals surface area contributed by atoms with E-state index in [-0.39, 0.29) is 6.04 Å². The molecule has 0 N–H and O–H groups in total. The highest BCUT2D eigenvalue weighted by atomic mass is 32.2. The summed E-state index contributed by atoms with van der Waals surface area (Å²) in [6.45, 7) is 4.02. The molecule has 1 aliphatic heterocycles. The third-order valence-electron chi connectivity index (χ3n) is 5.15. The van der Waals surface area contributed by atoms with Crippen molar-refractivity contribution in [3.63, 3.8) is 0 Å². The Morgan fingerprint density at radius 3 is 2.77 bits per heavy atom. The minimum atomic E-state index is -3.22. The summed E-state index contributed by atoms with van der Waals surface area (Å²) in [5.41, 5.74) is 6.27. The Hall–Kier alpha value is -1.83. The minimum absolute atomic E-state index is 0.282. The molecule has 0 radical (unpaired) electrons. The molecule has 0 bridgehead atoms. The van der Waals surface area contributed by atoms with E-state index in [1.54, 1.807) is 17.4 Å². The van der Waals surface area contributed by atoms with Crippen LogP contribution in [-0.2, 0) is 22.7 Å². The van der Waals surface area contributed by atoms with Crippen molar-refractivity contribution in [3.05, 3.63) is 52.8 Å². The molecule has 3 aromatic rings. The number of hydrogen-bond donors (Lipinski definition) is 0. The lowest BCUT2D eigenvalue weighted by molar-refractivity contribution is 0.221. The molecule has 0 saturated heterocycles. The Labute approximate surface area is 157 Å². The summed E-state index contributed by atoms with van der Waals surface area (Å²) in [4.78, 5) is 11.6. The van der Waals surface area contributed by atoms with Crippen LogP contribution in [0.2, 0.25) is 0 Å². The molecule has 0 aliphatic carbocycles. The van der Waals surface area contributed by atoms with E-state index >= 15 is 0 Å². The number of benzene rings is 1. The molecule has 1 aromatic carbocycles. The lowest BCUT2D eigenvalue weighted by Crippen LogP contribution is -2.29. The average Bonchev–Trinajstić information content (AvgIpc) is 2.98. The van der Waals surface area contributed by atoms with Crippen molar-refractivity contribution in [2.45, 2.75) is 30.7 Å². The van der Waals surface area contributed by atoms with Crippen LogP contribution in [0.3, 0.4) is 0 Å². The summed E-state index contributed by atoms with van der Waals surface area (Å²) in [6, 6.07) is 8.58. The first kappa shape index (κ1) is 17.6. The van der Waals surface area contributed by atoms with Gasteiger partial charge in [-0.2, -0.15) is 0 Å². The number of thiazole rings is 1. The van der Waals surface area contributed by atoms with Crippen LogP contribution in [0.5, 0.6) is 0 Å². The first-order valence-corrected chi connectivity index (χ1v) is 11.4. The molecule has 1 atom stereocenters. The molecule has 5 nitrogen and oxygen atoms in total. The molecular weight excluding hydrogens is 366 g/mol. The fourth-order valence-corrected chi connectivity index (χ4v) is 4.78. The van der Waals surface area contributed by atoms with Gasteiger partial charge < -0.3 is 0 Å². The van der Waals surface area contributed by atoms with Crippen LogP contribution in [0.15, 0.2) is 40.9 Å². The maximum atomic E-state index is 11.8. The monoisotopic (exact) mass is 387 g/mol. The van der Waals surface area contributed by atoms with Gasteiger partial charge in [0.15, 0.2) is 9.84 Å². The number of aromatic nitrogens is 2. The van der Waals surface area contributed by atoms with Gasteiger partial charge in [0, 0.05) is 43.7 Å². The van der Waals surface area contributed by atoms with Gasteiger partial charge in [-0.25, -0.2) is 13.4 Å². The predicted molar refractivity (Wildman–Crippen MR) is 104 cm³/mol. The van der Waals surface area contributed by atoms with Gasteiger partial charge in [-0.1, -0.05) is 6.07 Å². The second kappa shape index (κ2) is 6.72. The van der Waals surface area contributed by atoms with Gasteiger partial charge in [-0.15, -0.1) is 11.3 Å². The van der Waals surface area contributed by atoms with Crippen molar-refractivity contribution in [2.24, 2.45) is 0 Å². The smallest absolute Gasteiger partial charge is 0.177 e. The highest BCUT2D eigenvalue weighted by Gasteiger charge is 2.22. The molecular formula is C19H21N3O2S2. The van der Waals surface area contributed by atoms with Crippen LogP contribution in [0.1, 0.15) is 29.8 Å². The molecule has 2 aromatic heterocycles. The normalized spacial score (nSPS) is 17.0. The van der Waals surface area contributed by atoms with Gasteiger partial charge in [0.05, 0.1) is 20.6 Å². The molecule has 0 saturated carbocycles. The van der Waals surface area contributed by atoms with Crippen molar-refractivity contribution in [2.75, 3.05) is 19.3 Å². The Bertz CT molecular complexity index is 1060. The predicted octanol–water partition coefficient (Wildman–Crippen LogP) is 3.26. The van der Waals surface area contributed by atoms with E-state index in [0.29, 0.717) is 4.90 Å². The fourth-order valence-electron chi connectivity index (χ4n) is 3.52. The number of nitrogens with zero attached hydrogens (tertiary/aromatic N) is 3. The first-order chi connectivity index (χ1) is 12.4. The number of rotatable bonds is 3. The van der Waals surface area contributed by atoms with Gasteiger partial charge in [0.25, 0.3) is 0 Å². The quantitative estimate of drug-likeness (QED) is 0.690. The summed E-state index contributed by atoms with van der Waals surface area (Å²) in [7, 11) is -3.22. The molecule has 0 amide bonds. The minimum Gasteiger partial charge on any atom is -0.296 e. The zero-order valence-corrected chi connectivity index (χ0v) is 16.5. The van der Waals surface area contributed by atoms with E-state index in [9.17, 15) is 8.42 Å². The molecule has 4 rings (SSSR count).